The molecule has 8 heteroatoms. The van der Waals surface area contributed by atoms with Crippen LogP contribution in [0.1, 0.15) is 52.7 Å². The van der Waals surface area contributed by atoms with E-state index in [1.54, 1.807) is 41.5 Å². The van der Waals surface area contributed by atoms with Crippen molar-refractivity contribution in [3.63, 3.8) is 0 Å². The quantitative estimate of drug-likeness (QED) is 0.429. The molecule has 0 aliphatic carbocycles. The number of phosphoric acid groups is 1. The Balaban J connectivity index is 2.87. The topological polar surface area (TPSA) is 109 Å². The van der Waals surface area contributed by atoms with Gasteiger partial charge in [-0.3, -0.25) is 13.6 Å². The van der Waals surface area contributed by atoms with Gasteiger partial charge < -0.3 is 11.5 Å². The lowest BCUT2D eigenvalue weighted by Gasteiger charge is -2.30. The molecule has 0 aliphatic heterocycles. The smallest absolute Gasteiger partial charge is 0.370 e. The fraction of sp³-hybridized carbons (Fsp3) is 0.588. The van der Waals surface area contributed by atoms with E-state index in [1.165, 1.54) is 0 Å². The summed E-state index contributed by atoms with van der Waals surface area (Å²) in [6.45, 7) is 11.2. The summed E-state index contributed by atoms with van der Waals surface area (Å²) in [6, 6.07) is 7.49. The van der Waals surface area contributed by atoms with Crippen molar-refractivity contribution in [1.29, 1.82) is 0 Å². The first-order valence-corrected chi connectivity index (χ1v) is 9.53. The molecule has 0 heterocycles. The van der Waals surface area contributed by atoms with Crippen LogP contribution in [0.15, 0.2) is 29.3 Å². The second kappa shape index (κ2) is 8.32. The Labute approximate surface area is 150 Å². The summed E-state index contributed by atoms with van der Waals surface area (Å²) in [4.78, 5) is 3.97. The first-order chi connectivity index (χ1) is 11.3. The van der Waals surface area contributed by atoms with E-state index in [2.05, 4.69) is 4.99 Å². The van der Waals surface area contributed by atoms with Gasteiger partial charge in [-0.1, -0.05) is 24.3 Å². The summed E-state index contributed by atoms with van der Waals surface area (Å²) >= 11 is 0. The predicted molar refractivity (Wildman–Crippen MR) is 100 cm³/mol. The molecule has 25 heavy (non-hydrogen) atoms. The van der Waals surface area contributed by atoms with Crippen molar-refractivity contribution < 1.29 is 18.1 Å². The Morgan fingerprint density at radius 3 is 2.04 bits per heavy atom. The molecule has 0 atom stereocenters. The van der Waals surface area contributed by atoms with E-state index in [0.717, 1.165) is 11.1 Å². The standard InChI is InChI=1S/C17H30N3O4P/c1-16(2,3)23-25(21,24-17(4,5)6)22-12-14-9-7-8-13(10-14)11-20-15(18)19/h7-10H,11-12H2,1-6H3,(H4,18,19,20). The second-order valence-electron chi connectivity index (χ2n) is 7.69. The molecule has 4 N–H and O–H groups in total. The van der Waals surface area contributed by atoms with E-state index in [9.17, 15) is 4.57 Å². The van der Waals surface area contributed by atoms with Crippen LogP contribution in [0.25, 0.3) is 0 Å². The Morgan fingerprint density at radius 1 is 1.04 bits per heavy atom. The first-order valence-electron chi connectivity index (χ1n) is 8.07. The number of phosphoric ester groups is 1. The zero-order chi connectivity index (χ0) is 19.3. The Morgan fingerprint density at radius 2 is 1.56 bits per heavy atom. The van der Waals surface area contributed by atoms with Gasteiger partial charge in [0.15, 0.2) is 5.96 Å². The van der Waals surface area contributed by atoms with Gasteiger partial charge in [0.25, 0.3) is 0 Å². The zero-order valence-electron chi connectivity index (χ0n) is 15.9. The molecule has 142 valence electrons. The molecule has 0 bridgehead atoms. The van der Waals surface area contributed by atoms with Crippen LogP contribution >= 0.6 is 7.82 Å². The molecule has 0 radical (unpaired) electrons. The third-order valence-electron chi connectivity index (χ3n) is 2.60. The highest BCUT2D eigenvalue weighted by atomic mass is 31.2. The van der Waals surface area contributed by atoms with E-state index in [-0.39, 0.29) is 12.6 Å². The van der Waals surface area contributed by atoms with Gasteiger partial charge in [-0.15, -0.1) is 0 Å². The van der Waals surface area contributed by atoms with Crippen molar-refractivity contribution >= 4 is 13.8 Å². The summed E-state index contributed by atoms with van der Waals surface area (Å²) in [7, 11) is -3.74. The minimum Gasteiger partial charge on any atom is -0.370 e. The number of benzene rings is 1. The Bertz CT molecular complexity index is 624. The van der Waals surface area contributed by atoms with Crippen LogP contribution in [-0.4, -0.2) is 17.2 Å². The number of aliphatic imine (C=N–C) groups is 1. The molecule has 0 saturated heterocycles. The van der Waals surface area contributed by atoms with Gasteiger partial charge in [-0.05, 0) is 52.7 Å². The van der Waals surface area contributed by atoms with Gasteiger partial charge >= 0.3 is 7.82 Å². The molecular weight excluding hydrogens is 341 g/mol. The number of hydrogen-bond acceptors (Lipinski definition) is 5. The zero-order valence-corrected chi connectivity index (χ0v) is 16.8. The average Bonchev–Trinajstić information content (AvgIpc) is 2.39. The van der Waals surface area contributed by atoms with E-state index >= 15 is 0 Å². The van der Waals surface area contributed by atoms with Crippen LogP contribution in [0.4, 0.5) is 0 Å². The van der Waals surface area contributed by atoms with Crippen LogP contribution in [0.2, 0.25) is 0 Å². The summed E-state index contributed by atoms with van der Waals surface area (Å²) in [5.41, 5.74) is 11.1. The third-order valence-corrected chi connectivity index (χ3v) is 4.58. The van der Waals surface area contributed by atoms with E-state index in [1.807, 2.05) is 24.3 Å². The van der Waals surface area contributed by atoms with E-state index in [0.29, 0.717) is 6.54 Å². The maximum atomic E-state index is 13.0. The maximum absolute atomic E-state index is 13.0. The molecule has 0 amide bonds. The highest BCUT2D eigenvalue weighted by Crippen LogP contribution is 2.55. The molecule has 0 aromatic heterocycles. The SMILES string of the molecule is CC(C)(C)OP(=O)(OCc1cccc(CN=C(N)N)c1)OC(C)(C)C. The summed E-state index contributed by atoms with van der Waals surface area (Å²) in [6.07, 6.45) is 0. The Hall–Kier alpha value is -1.40. The van der Waals surface area contributed by atoms with Crippen molar-refractivity contribution in [2.75, 3.05) is 0 Å². The molecule has 1 rings (SSSR count). The van der Waals surface area contributed by atoms with Gasteiger partial charge in [0.05, 0.1) is 24.4 Å². The summed E-state index contributed by atoms with van der Waals surface area (Å²) in [5.74, 6) is 0.0308. The van der Waals surface area contributed by atoms with Crippen LogP contribution in [0.5, 0.6) is 0 Å². The van der Waals surface area contributed by atoms with Crippen molar-refractivity contribution in [3.05, 3.63) is 35.4 Å². The molecule has 0 unspecified atom stereocenters. The van der Waals surface area contributed by atoms with Crippen molar-refractivity contribution in [3.8, 4) is 0 Å². The van der Waals surface area contributed by atoms with Crippen LogP contribution in [-0.2, 0) is 31.3 Å². The van der Waals surface area contributed by atoms with Crippen molar-refractivity contribution in [2.24, 2.45) is 16.5 Å². The monoisotopic (exact) mass is 371 g/mol. The minimum atomic E-state index is -3.74. The molecular formula is C17H30N3O4P. The molecule has 1 aromatic carbocycles. The highest BCUT2D eigenvalue weighted by Gasteiger charge is 2.37. The molecule has 0 saturated carbocycles. The number of rotatable bonds is 7. The summed E-state index contributed by atoms with van der Waals surface area (Å²) < 4.78 is 29.7. The Kier molecular flexibility index (Phi) is 7.20. The van der Waals surface area contributed by atoms with Crippen molar-refractivity contribution in [2.45, 2.75) is 65.9 Å². The minimum absolute atomic E-state index is 0.0308. The van der Waals surface area contributed by atoms with E-state index < -0.39 is 19.0 Å². The number of nitrogens with two attached hydrogens (primary N) is 2. The summed E-state index contributed by atoms with van der Waals surface area (Å²) in [5, 5.41) is 0. The van der Waals surface area contributed by atoms with Crippen LogP contribution < -0.4 is 11.5 Å². The van der Waals surface area contributed by atoms with Crippen molar-refractivity contribution in [1.82, 2.24) is 0 Å². The third kappa shape index (κ3) is 9.60. The first kappa shape index (κ1) is 21.6. The highest BCUT2D eigenvalue weighted by molar-refractivity contribution is 7.48. The lowest BCUT2D eigenvalue weighted by Crippen LogP contribution is -2.24. The average molecular weight is 371 g/mol. The molecule has 0 aliphatic rings. The van der Waals surface area contributed by atoms with Crippen LogP contribution in [0.3, 0.4) is 0 Å². The maximum Gasteiger partial charge on any atom is 0.476 e. The molecule has 0 fully saturated rings. The largest absolute Gasteiger partial charge is 0.476 e. The number of hydrogen-bond donors (Lipinski definition) is 2. The number of nitrogens with zero attached hydrogens (tertiary/aromatic N) is 1. The van der Waals surface area contributed by atoms with Crippen LogP contribution in [0, 0.1) is 0 Å². The fourth-order valence-corrected chi connectivity index (χ4v) is 3.69. The lowest BCUT2D eigenvalue weighted by molar-refractivity contribution is 0.000846. The second-order valence-corrected chi connectivity index (χ2v) is 9.21. The lowest BCUT2D eigenvalue weighted by atomic mass is 10.1. The molecule has 7 nitrogen and oxygen atoms in total. The predicted octanol–water partition coefficient (Wildman–Crippen LogP) is 3.71. The van der Waals surface area contributed by atoms with Gasteiger partial charge in [0.2, 0.25) is 0 Å². The van der Waals surface area contributed by atoms with Gasteiger partial charge in [0.1, 0.15) is 0 Å². The number of guanidine groups is 1. The molecule has 1 aromatic rings. The van der Waals surface area contributed by atoms with Gasteiger partial charge in [-0.2, -0.15) is 0 Å². The molecule has 0 spiro atoms. The van der Waals surface area contributed by atoms with E-state index in [4.69, 9.17) is 25.0 Å². The van der Waals surface area contributed by atoms with Gasteiger partial charge in [-0.25, -0.2) is 9.56 Å². The van der Waals surface area contributed by atoms with Gasteiger partial charge in [0, 0.05) is 0 Å². The fourth-order valence-electron chi connectivity index (χ4n) is 1.90. The normalized spacial score (nSPS) is 12.9.